The molecule has 1 saturated carbocycles. The Morgan fingerprint density at radius 2 is 1.48 bits per heavy atom. The number of carbonyl (C=O) groups is 4. The first kappa shape index (κ1) is 18.9. The topological polar surface area (TPSA) is 125 Å². The smallest absolute Gasteiger partial charge is 0.329 e. The molecule has 0 radical (unpaired) electrons. The lowest BCUT2D eigenvalue weighted by Crippen LogP contribution is -2.55. The van der Waals surface area contributed by atoms with Crippen molar-refractivity contribution in [1.82, 2.24) is 16.0 Å². The van der Waals surface area contributed by atoms with E-state index in [2.05, 4.69) is 16.0 Å². The van der Waals surface area contributed by atoms with E-state index in [4.69, 9.17) is 0 Å². The first-order chi connectivity index (χ1) is 10.9. The van der Waals surface area contributed by atoms with Gasteiger partial charge in [0.05, 0.1) is 0 Å². The van der Waals surface area contributed by atoms with E-state index in [0.29, 0.717) is 25.9 Å². The summed E-state index contributed by atoms with van der Waals surface area (Å²) in [4.78, 5) is 45.6. The molecular weight excluding hydrogens is 302 g/mol. The maximum absolute atomic E-state index is 11.9. The Bertz CT molecular complexity index is 458. The Morgan fingerprint density at radius 1 is 0.913 bits per heavy atom. The number of amides is 3. The van der Waals surface area contributed by atoms with Crippen LogP contribution in [0.4, 0.5) is 0 Å². The fourth-order valence-electron chi connectivity index (χ4n) is 2.63. The summed E-state index contributed by atoms with van der Waals surface area (Å²) < 4.78 is 0. The van der Waals surface area contributed by atoms with Crippen molar-refractivity contribution >= 4 is 23.7 Å². The van der Waals surface area contributed by atoms with Crippen molar-refractivity contribution in [2.24, 2.45) is 0 Å². The molecule has 0 atom stereocenters. The van der Waals surface area contributed by atoms with Crippen molar-refractivity contribution in [3.63, 3.8) is 0 Å². The quantitative estimate of drug-likeness (QED) is 0.464. The molecule has 1 aliphatic rings. The number of carboxylic acid groups (broad SMARTS) is 1. The van der Waals surface area contributed by atoms with E-state index in [9.17, 15) is 24.3 Å². The lowest BCUT2D eigenvalue weighted by atomic mass is 9.81. The Labute approximate surface area is 135 Å². The minimum absolute atomic E-state index is 0.0123. The fraction of sp³-hybridized carbons (Fsp3) is 0.733. The van der Waals surface area contributed by atoms with Gasteiger partial charge in [-0.1, -0.05) is 19.3 Å². The van der Waals surface area contributed by atoms with Gasteiger partial charge in [-0.3, -0.25) is 14.4 Å². The number of nitrogens with one attached hydrogen (secondary N) is 3. The standard InChI is InChI=1S/C15H25N3O5/c1-11(19)16-9-10-17-12(20)5-6-13(21)18-15(14(22)23)7-3-2-4-8-15/h2-10H2,1H3,(H,16,19)(H,17,20)(H,18,21)(H,22,23). The third kappa shape index (κ3) is 6.66. The molecule has 0 bridgehead atoms. The van der Waals surface area contributed by atoms with Gasteiger partial charge in [0.1, 0.15) is 5.54 Å². The van der Waals surface area contributed by atoms with Crippen molar-refractivity contribution in [3.8, 4) is 0 Å². The minimum atomic E-state index is -1.18. The SMILES string of the molecule is CC(=O)NCCNC(=O)CCC(=O)NC1(C(=O)O)CCCCC1. The molecule has 1 aliphatic carbocycles. The number of aliphatic carboxylic acids is 1. The Balaban J connectivity index is 2.31. The van der Waals surface area contributed by atoms with Gasteiger partial charge in [0.25, 0.3) is 0 Å². The summed E-state index contributed by atoms with van der Waals surface area (Å²) in [6.45, 7) is 2.00. The third-order valence-electron chi connectivity index (χ3n) is 3.90. The Kier molecular flexibility index (Phi) is 7.50. The van der Waals surface area contributed by atoms with Gasteiger partial charge >= 0.3 is 5.97 Å². The van der Waals surface area contributed by atoms with Crippen LogP contribution in [0.1, 0.15) is 51.9 Å². The Hall–Kier alpha value is -2.12. The Morgan fingerprint density at radius 3 is 2.04 bits per heavy atom. The normalized spacial score (nSPS) is 16.2. The summed E-state index contributed by atoms with van der Waals surface area (Å²) in [5.74, 6) is -1.92. The molecule has 0 spiro atoms. The van der Waals surface area contributed by atoms with Crippen LogP contribution in [0.5, 0.6) is 0 Å². The summed E-state index contributed by atoms with van der Waals surface area (Å²) in [7, 11) is 0. The molecule has 4 N–H and O–H groups in total. The zero-order chi connectivity index (χ0) is 17.3. The first-order valence-corrected chi connectivity index (χ1v) is 7.91. The summed E-state index contributed by atoms with van der Waals surface area (Å²) >= 11 is 0. The second kappa shape index (κ2) is 9.12. The molecule has 1 fully saturated rings. The van der Waals surface area contributed by atoms with E-state index in [1.165, 1.54) is 6.92 Å². The first-order valence-electron chi connectivity index (χ1n) is 7.91. The predicted octanol–water partition coefficient (Wildman–Crippen LogP) is -0.0774. The predicted molar refractivity (Wildman–Crippen MR) is 82.5 cm³/mol. The van der Waals surface area contributed by atoms with Gasteiger partial charge in [0, 0.05) is 32.9 Å². The van der Waals surface area contributed by atoms with Crippen molar-refractivity contribution < 1.29 is 24.3 Å². The van der Waals surface area contributed by atoms with Crippen molar-refractivity contribution in [2.75, 3.05) is 13.1 Å². The summed E-state index contributed by atoms with van der Waals surface area (Å²) in [5, 5.41) is 17.1. The van der Waals surface area contributed by atoms with E-state index >= 15 is 0 Å². The van der Waals surface area contributed by atoms with Crippen molar-refractivity contribution in [2.45, 2.75) is 57.4 Å². The van der Waals surface area contributed by atoms with E-state index in [-0.39, 0.29) is 24.7 Å². The van der Waals surface area contributed by atoms with Gasteiger partial charge in [0.15, 0.2) is 0 Å². The highest BCUT2D eigenvalue weighted by Gasteiger charge is 2.40. The second-order valence-corrected chi connectivity index (χ2v) is 5.83. The average Bonchev–Trinajstić information content (AvgIpc) is 2.50. The molecule has 0 unspecified atom stereocenters. The van der Waals surface area contributed by atoms with Crippen LogP contribution < -0.4 is 16.0 Å². The maximum Gasteiger partial charge on any atom is 0.329 e. The zero-order valence-electron chi connectivity index (χ0n) is 13.4. The van der Waals surface area contributed by atoms with Gasteiger partial charge in [-0.2, -0.15) is 0 Å². The van der Waals surface area contributed by atoms with Crippen molar-refractivity contribution in [3.05, 3.63) is 0 Å². The van der Waals surface area contributed by atoms with Crippen LogP contribution in [0, 0.1) is 0 Å². The van der Waals surface area contributed by atoms with Gasteiger partial charge in [-0.15, -0.1) is 0 Å². The number of hydrogen-bond acceptors (Lipinski definition) is 4. The van der Waals surface area contributed by atoms with E-state index in [1.54, 1.807) is 0 Å². The maximum atomic E-state index is 11.9. The van der Waals surface area contributed by atoms with E-state index in [1.807, 2.05) is 0 Å². The van der Waals surface area contributed by atoms with Crippen LogP contribution >= 0.6 is 0 Å². The molecule has 0 aromatic heterocycles. The summed E-state index contributed by atoms with van der Waals surface area (Å²) in [5.41, 5.74) is -1.18. The van der Waals surface area contributed by atoms with Crippen molar-refractivity contribution in [1.29, 1.82) is 0 Å². The highest BCUT2D eigenvalue weighted by atomic mass is 16.4. The van der Waals surface area contributed by atoms with Crippen LogP contribution in [-0.2, 0) is 19.2 Å². The van der Waals surface area contributed by atoms with Crippen LogP contribution in [0.15, 0.2) is 0 Å². The molecule has 0 saturated heterocycles. The summed E-state index contributed by atoms with van der Waals surface area (Å²) in [6.07, 6.45) is 3.31. The molecule has 0 aromatic rings. The van der Waals surface area contributed by atoms with Gasteiger partial charge in [0.2, 0.25) is 17.7 Å². The molecule has 3 amide bonds. The number of rotatable bonds is 8. The lowest BCUT2D eigenvalue weighted by Gasteiger charge is -2.34. The third-order valence-corrected chi connectivity index (χ3v) is 3.90. The van der Waals surface area contributed by atoms with Crippen LogP contribution in [0.25, 0.3) is 0 Å². The van der Waals surface area contributed by atoms with Crippen LogP contribution in [0.2, 0.25) is 0 Å². The highest BCUT2D eigenvalue weighted by Crippen LogP contribution is 2.28. The largest absolute Gasteiger partial charge is 0.480 e. The van der Waals surface area contributed by atoms with Crippen LogP contribution in [0.3, 0.4) is 0 Å². The molecule has 8 nitrogen and oxygen atoms in total. The molecule has 23 heavy (non-hydrogen) atoms. The molecule has 1 rings (SSSR count). The second-order valence-electron chi connectivity index (χ2n) is 5.83. The number of carboxylic acids is 1. The summed E-state index contributed by atoms with van der Waals surface area (Å²) in [6, 6.07) is 0. The lowest BCUT2D eigenvalue weighted by molar-refractivity contribution is -0.149. The fourth-order valence-corrected chi connectivity index (χ4v) is 2.63. The van der Waals surface area contributed by atoms with Gasteiger partial charge < -0.3 is 21.1 Å². The van der Waals surface area contributed by atoms with E-state index in [0.717, 1.165) is 19.3 Å². The molecule has 0 aromatic carbocycles. The number of carbonyl (C=O) groups excluding carboxylic acids is 3. The molecule has 0 heterocycles. The highest BCUT2D eigenvalue weighted by molar-refractivity contribution is 5.89. The minimum Gasteiger partial charge on any atom is -0.480 e. The molecule has 0 aliphatic heterocycles. The van der Waals surface area contributed by atoms with Crippen LogP contribution in [-0.4, -0.2) is 47.4 Å². The molecule has 130 valence electrons. The zero-order valence-corrected chi connectivity index (χ0v) is 13.4. The average molecular weight is 327 g/mol. The molecule has 8 heteroatoms. The monoisotopic (exact) mass is 327 g/mol. The van der Waals surface area contributed by atoms with E-state index < -0.39 is 17.4 Å². The number of hydrogen-bond donors (Lipinski definition) is 4. The van der Waals surface area contributed by atoms with Gasteiger partial charge in [-0.25, -0.2) is 4.79 Å². The molecular formula is C15H25N3O5. The van der Waals surface area contributed by atoms with Gasteiger partial charge in [-0.05, 0) is 12.8 Å².